The maximum absolute atomic E-state index is 11.4. The van der Waals surface area contributed by atoms with E-state index in [0.29, 0.717) is 0 Å². The highest BCUT2D eigenvalue weighted by Crippen LogP contribution is 2.18. The molecule has 98 valence electrons. The minimum absolute atomic E-state index is 0.0931. The van der Waals surface area contributed by atoms with Crippen LogP contribution in [0.25, 0.3) is 0 Å². The molecule has 0 amide bonds. The summed E-state index contributed by atoms with van der Waals surface area (Å²) in [7, 11) is 0. The third-order valence-corrected chi connectivity index (χ3v) is 4.16. The van der Waals surface area contributed by atoms with Crippen molar-refractivity contribution in [3.8, 4) is 0 Å². The zero-order valence-corrected chi connectivity index (χ0v) is 12.6. The van der Waals surface area contributed by atoms with Crippen molar-refractivity contribution < 1.29 is 4.79 Å². The molecule has 0 saturated carbocycles. The molecule has 0 heterocycles. The number of alkyl halides is 1. The minimum atomic E-state index is -0.0931. The summed E-state index contributed by atoms with van der Waals surface area (Å²) in [4.78, 5) is 11.3. The van der Waals surface area contributed by atoms with Crippen LogP contribution in [0.5, 0.6) is 0 Å². The molecule has 0 aromatic heterocycles. The molecule has 0 aliphatic heterocycles. The van der Waals surface area contributed by atoms with Gasteiger partial charge in [0, 0.05) is 0 Å². The van der Waals surface area contributed by atoms with Gasteiger partial charge in [0.05, 0.1) is 4.83 Å². The molecule has 2 aromatic carbocycles. The second-order valence-corrected chi connectivity index (χ2v) is 5.82. The van der Waals surface area contributed by atoms with Gasteiger partial charge in [0.15, 0.2) is 0 Å². The van der Waals surface area contributed by atoms with Gasteiger partial charge in [-0.1, -0.05) is 70.5 Å². The lowest BCUT2D eigenvalue weighted by Gasteiger charge is -2.12. The largest absolute Gasteiger partial charge is 0.299 e. The first-order valence-corrected chi connectivity index (χ1v) is 7.33. The number of halogens is 1. The van der Waals surface area contributed by atoms with E-state index in [0.717, 1.165) is 12.8 Å². The number of carbonyl (C=O) groups excluding carboxylic acids is 1. The molecule has 0 aliphatic rings. The van der Waals surface area contributed by atoms with Gasteiger partial charge in [-0.2, -0.15) is 0 Å². The average molecular weight is 317 g/mol. The number of benzene rings is 2. The predicted molar refractivity (Wildman–Crippen MR) is 82.8 cm³/mol. The van der Waals surface area contributed by atoms with Gasteiger partial charge in [-0.05, 0) is 36.5 Å². The first-order chi connectivity index (χ1) is 9.16. The molecule has 1 atom stereocenters. The zero-order chi connectivity index (χ0) is 13.7. The summed E-state index contributed by atoms with van der Waals surface area (Å²) < 4.78 is 0. The summed E-state index contributed by atoms with van der Waals surface area (Å²) in [5.74, 6) is 0.175. The van der Waals surface area contributed by atoms with Crippen molar-refractivity contribution in [2.75, 3.05) is 0 Å². The molecule has 1 nitrogen and oxygen atoms in total. The van der Waals surface area contributed by atoms with Crippen LogP contribution in [0.4, 0.5) is 0 Å². The highest BCUT2D eigenvalue weighted by molar-refractivity contribution is 9.10. The third kappa shape index (κ3) is 4.03. The van der Waals surface area contributed by atoms with E-state index < -0.39 is 0 Å². The van der Waals surface area contributed by atoms with E-state index in [-0.39, 0.29) is 10.6 Å². The Kier molecular flexibility index (Phi) is 4.92. The van der Waals surface area contributed by atoms with Gasteiger partial charge >= 0.3 is 0 Å². The van der Waals surface area contributed by atoms with Crippen molar-refractivity contribution in [1.29, 1.82) is 0 Å². The third-order valence-electron chi connectivity index (χ3n) is 3.20. The predicted octanol–water partition coefficient (Wildman–Crippen LogP) is 4.17. The van der Waals surface area contributed by atoms with Gasteiger partial charge in [-0.15, -0.1) is 0 Å². The van der Waals surface area contributed by atoms with Crippen molar-refractivity contribution in [3.05, 3.63) is 71.3 Å². The van der Waals surface area contributed by atoms with Gasteiger partial charge < -0.3 is 0 Å². The fraction of sp³-hybridized carbons (Fsp3) is 0.235. The topological polar surface area (TPSA) is 17.1 Å². The van der Waals surface area contributed by atoms with E-state index in [1.165, 1.54) is 16.7 Å². The molecule has 0 radical (unpaired) electrons. The van der Waals surface area contributed by atoms with Gasteiger partial charge in [0.2, 0.25) is 0 Å². The van der Waals surface area contributed by atoms with Crippen LogP contribution in [-0.4, -0.2) is 10.6 Å². The molecule has 2 heteroatoms. The summed E-state index contributed by atoms with van der Waals surface area (Å²) in [5.41, 5.74) is 3.83. The normalized spacial score (nSPS) is 12.1. The van der Waals surface area contributed by atoms with Crippen LogP contribution in [0.1, 0.15) is 23.6 Å². The summed E-state index contributed by atoms with van der Waals surface area (Å²) in [6.45, 7) is 1.62. The van der Waals surface area contributed by atoms with E-state index in [1.54, 1.807) is 6.92 Å². The molecule has 1 unspecified atom stereocenters. The second kappa shape index (κ2) is 6.67. The second-order valence-electron chi connectivity index (χ2n) is 4.71. The van der Waals surface area contributed by atoms with Crippen LogP contribution in [0.2, 0.25) is 0 Å². The number of Topliss-reactive ketones (excluding diaryl/α,β-unsaturated/α-hetero) is 1. The molecule has 0 N–H and O–H groups in total. The molecule has 2 aromatic rings. The lowest BCUT2D eigenvalue weighted by Crippen LogP contribution is -2.14. The molecule has 0 fully saturated rings. The van der Waals surface area contributed by atoms with Crippen LogP contribution in [0.3, 0.4) is 0 Å². The smallest absolute Gasteiger partial charge is 0.143 e. The van der Waals surface area contributed by atoms with Crippen LogP contribution in [0, 0.1) is 0 Å². The van der Waals surface area contributed by atoms with Crippen LogP contribution < -0.4 is 0 Å². The highest BCUT2D eigenvalue weighted by Gasteiger charge is 2.12. The van der Waals surface area contributed by atoms with Crippen LogP contribution in [0.15, 0.2) is 54.6 Å². The maximum atomic E-state index is 11.4. The Morgan fingerprint density at radius 2 is 1.58 bits per heavy atom. The molecule has 19 heavy (non-hydrogen) atoms. The SMILES string of the molecule is CC(=O)C(Br)Cc1ccccc1Cc1ccccc1. The Morgan fingerprint density at radius 1 is 1.00 bits per heavy atom. The molecule has 0 aliphatic carbocycles. The minimum Gasteiger partial charge on any atom is -0.299 e. The van der Waals surface area contributed by atoms with E-state index in [2.05, 4.69) is 58.4 Å². The number of hydrogen-bond donors (Lipinski definition) is 0. The summed E-state index contributed by atoms with van der Waals surface area (Å²) in [5, 5.41) is 0. The maximum Gasteiger partial charge on any atom is 0.143 e. The Hall–Kier alpha value is -1.41. The molecular formula is C17H17BrO. The van der Waals surface area contributed by atoms with Crippen LogP contribution in [-0.2, 0) is 17.6 Å². The number of carbonyl (C=O) groups is 1. The number of ketones is 1. The van der Waals surface area contributed by atoms with Gasteiger partial charge in [-0.25, -0.2) is 0 Å². The molecule has 0 spiro atoms. The van der Waals surface area contributed by atoms with Crippen molar-refractivity contribution in [2.45, 2.75) is 24.6 Å². The van der Waals surface area contributed by atoms with Crippen molar-refractivity contribution in [2.24, 2.45) is 0 Å². The lowest BCUT2D eigenvalue weighted by molar-refractivity contribution is -0.116. The molecule has 0 bridgehead atoms. The highest BCUT2D eigenvalue weighted by atomic mass is 79.9. The fourth-order valence-corrected chi connectivity index (χ4v) is 2.43. The summed E-state index contributed by atoms with van der Waals surface area (Å²) in [6.07, 6.45) is 1.66. The van der Waals surface area contributed by atoms with E-state index in [4.69, 9.17) is 0 Å². The lowest BCUT2D eigenvalue weighted by atomic mass is 9.96. The number of hydrogen-bond acceptors (Lipinski definition) is 1. The van der Waals surface area contributed by atoms with Gasteiger partial charge in [0.1, 0.15) is 5.78 Å². The van der Waals surface area contributed by atoms with E-state index in [1.807, 2.05) is 12.1 Å². The Morgan fingerprint density at radius 3 is 2.21 bits per heavy atom. The first-order valence-electron chi connectivity index (χ1n) is 6.42. The van der Waals surface area contributed by atoms with Gasteiger partial charge in [0.25, 0.3) is 0 Å². The van der Waals surface area contributed by atoms with E-state index in [9.17, 15) is 4.79 Å². The zero-order valence-electron chi connectivity index (χ0n) is 11.0. The Balaban J connectivity index is 2.19. The quantitative estimate of drug-likeness (QED) is 0.756. The monoisotopic (exact) mass is 316 g/mol. The average Bonchev–Trinajstić information content (AvgIpc) is 2.42. The molecule has 0 saturated heterocycles. The first kappa shape index (κ1) is 14.0. The summed E-state index contributed by atoms with van der Waals surface area (Å²) >= 11 is 3.45. The summed E-state index contributed by atoms with van der Waals surface area (Å²) in [6, 6.07) is 18.7. The van der Waals surface area contributed by atoms with Crippen LogP contribution >= 0.6 is 15.9 Å². The molecule has 2 rings (SSSR count). The van der Waals surface area contributed by atoms with E-state index >= 15 is 0 Å². The van der Waals surface area contributed by atoms with Gasteiger partial charge in [-0.3, -0.25) is 4.79 Å². The number of rotatable bonds is 5. The van der Waals surface area contributed by atoms with Crippen molar-refractivity contribution in [1.82, 2.24) is 0 Å². The Bertz CT molecular complexity index is 548. The standard InChI is InChI=1S/C17H17BrO/c1-13(19)17(18)12-16-10-6-5-9-15(16)11-14-7-3-2-4-8-14/h2-10,17H,11-12H2,1H3. The molecular weight excluding hydrogens is 300 g/mol. The van der Waals surface area contributed by atoms with Crippen molar-refractivity contribution >= 4 is 21.7 Å². The van der Waals surface area contributed by atoms with Crippen molar-refractivity contribution in [3.63, 3.8) is 0 Å². The Labute approximate surface area is 122 Å². The fourth-order valence-electron chi connectivity index (χ4n) is 2.08.